The molecule has 11 heavy (non-hydrogen) atoms. The highest BCUT2D eigenvalue weighted by Gasteiger charge is 2.13. The van der Waals surface area contributed by atoms with E-state index in [0.717, 1.165) is 5.56 Å². The molecule has 0 radical (unpaired) electrons. The molecule has 1 rings (SSSR count). The Morgan fingerprint density at radius 2 is 2.09 bits per heavy atom. The van der Waals surface area contributed by atoms with E-state index in [9.17, 15) is 4.39 Å². The number of nitrogens with zero attached hydrogens (tertiary/aromatic N) is 1. The first-order valence-corrected chi connectivity index (χ1v) is 4.33. The maximum atomic E-state index is 13.0. The van der Waals surface area contributed by atoms with Crippen molar-refractivity contribution in [3.05, 3.63) is 22.2 Å². The first-order valence-electron chi connectivity index (χ1n) is 3.54. The summed E-state index contributed by atoms with van der Waals surface area (Å²) in [5, 5.41) is 0. The van der Waals surface area contributed by atoms with Crippen molar-refractivity contribution in [1.82, 2.24) is 4.57 Å². The highest BCUT2D eigenvalue weighted by atomic mass is 79.9. The summed E-state index contributed by atoms with van der Waals surface area (Å²) < 4.78 is 15.1. The molecule has 1 heterocycles. The summed E-state index contributed by atoms with van der Waals surface area (Å²) in [5.41, 5.74) is 1.02. The maximum Gasteiger partial charge on any atom is 0.208 e. The summed E-state index contributed by atoms with van der Waals surface area (Å²) >= 11 is 3.21. The lowest BCUT2D eigenvalue weighted by atomic mass is 10.1. The SMILES string of the molecule is CC(C)c1cn(C)c(F)c1Br. The molecular weight excluding hydrogens is 209 g/mol. The largest absolute Gasteiger partial charge is 0.327 e. The number of aryl methyl sites for hydroxylation is 1. The van der Waals surface area contributed by atoms with Gasteiger partial charge in [-0.25, -0.2) is 0 Å². The van der Waals surface area contributed by atoms with Crippen molar-refractivity contribution in [2.75, 3.05) is 0 Å². The van der Waals surface area contributed by atoms with E-state index in [4.69, 9.17) is 0 Å². The summed E-state index contributed by atoms with van der Waals surface area (Å²) in [5.74, 6) is 0.161. The minimum absolute atomic E-state index is 0.200. The monoisotopic (exact) mass is 219 g/mol. The van der Waals surface area contributed by atoms with Gasteiger partial charge in [0.05, 0.1) is 4.47 Å². The van der Waals surface area contributed by atoms with Crippen molar-refractivity contribution in [3.8, 4) is 0 Å². The van der Waals surface area contributed by atoms with Gasteiger partial charge in [-0.3, -0.25) is 0 Å². The van der Waals surface area contributed by atoms with Gasteiger partial charge in [0.2, 0.25) is 5.95 Å². The van der Waals surface area contributed by atoms with E-state index in [0.29, 0.717) is 10.4 Å². The van der Waals surface area contributed by atoms with Crippen LogP contribution in [0.5, 0.6) is 0 Å². The second-order valence-corrected chi connectivity index (χ2v) is 3.75. The second-order valence-electron chi connectivity index (χ2n) is 2.95. The molecule has 0 fully saturated rings. The van der Waals surface area contributed by atoms with Gasteiger partial charge in [-0.15, -0.1) is 0 Å². The van der Waals surface area contributed by atoms with Gasteiger partial charge in [0, 0.05) is 13.2 Å². The van der Waals surface area contributed by atoms with E-state index in [2.05, 4.69) is 15.9 Å². The summed E-state index contributed by atoms with van der Waals surface area (Å²) in [4.78, 5) is 0. The topological polar surface area (TPSA) is 4.93 Å². The Hall–Kier alpha value is -0.310. The zero-order valence-corrected chi connectivity index (χ0v) is 8.44. The van der Waals surface area contributed by atoms with Crippen LogP contribution in [0.4, 0.5) is 4.39 Å². The van der Waals surface area contributed by atoms with Crippen LogP contribution in [0.2, 0.25) is 0 Å². The van der Waals surface area contributed by atoms with Crippen molar-refractivity contribution in [3.63, 3.8) is 0 Å². The van der Waals surface area contributed by atoms with E-state index in [1.807, 2.05) is 20.0 Å². The molecule has 1 nitrogen and oxygen atoms in total. The van der Waals surface area contributed by atoms with Crippen molar-refractivity contribution >= 4 is 15.9 Å². The first-order chi connectivity index (χ1) is 5.04. The standard InChI is InChI=1S/C8H11BrFN/c1-5(2)6-4-11(3)8(10)7(6)9/h4-5H,1-3H3. The lowest BCUT2D eigenvalue weighted by Crippen LogP contribution is -1.87. The highest BCUT2D eigenvalue weighted by Crippen LogP contribution is 2.27. The average molecular weight is 220 g/mol. The van der Waals surface area contributed by atoms with Gasteiger partial charge in [0.25, 0.3) is 0 Å². The molecule has 0 amide bonds. The van der Waals surface area contributed by atoms with Crippen LogP contribution in [-0.4, -0.2) is 4.57 Å². The Morgan fingerprint density at radius 1 is 1.55 bits per heavy atom. The minimum atomic E-state index is -0.200. The normalized spacial score (nSPS) is 11.1. The molecule has 1 aromatic rings. The quantitative estimate of drug-likeness (QED) is 0.685. The van der Waals surface area contributed by atoms with Gasteiger partial charge in [-0.1, -0.05) is 13.8 Å². The molecule has 0 aliphatic heterocycles. The van der Waals surface area contributed by atoms with Gasteiger partial charge in [0.15, 0.2) is 0 Å². The molecule has 1 aromatic heterocycles. The van der Waals surface area contributed by atoms with Crippen LogP contribution in [0.3, 0.4) is 0 Å². The smallest absolute Gasteiger partial charge is 0.208 e. The molecule has 0 spiro atoms. The molecule has 0 N–H and O–H groups in total. The van der Waals surface area contributed by atoms with Crippen LogP contribution < -0.4 is 0 Å². The predicted octanol–water partition coefficient (Wildman–Crippen LogP) is 3.05. The van der Waals surface area contributed by atoms with Gasteiger partial charge < -0.3 is 4.57 Å². The zero-order valence-electron chi connectivity index (χ0n) is 6.86. The van der Waals surface area contributed by atoms with Crippen LogP contribution in [-0.2, 0) is 7.05 Å². The average Bonchev–Trinajstić information content (AvgIpc) is 2.17. The number of aromatic nitrogens is 1. The number of hydrogen-bond donors (Lipinski definition) is 0. The Bertz CT molecular complexity index is 265. The van der Waals surface area contributed by atoms with Gasteiger partial charge in [0.1, 0.15) is 0 Å². The third-order valence-corrected chi connectivity index (χ3v) is 2.48. The molecule has 0 unspecified atom stereocenters. The molecule has 0 saturated heterocycles. The van der Waals surface area contributed by atoms with Crippen molar-refractivity contribution < 1.29 is 4.39 Å². The fourth-order valence-corrected chi connectivity index (χ4v) is 1.84. The molecule has 0 aromatic carbocycles. The highest BCUT2D eigenvalue weighted by molar-refractivity contribution is 9.10. The molecule has 0 atom stereocenters. The predicted molar refractivity (Wildman–Crippen MR) is 47.2 cm³/mol. The van der Waals surface area contributed by atoms with Crippen LogP contribution in [0.25, 0.3) is 0 Å². The van der Waals surface area contributed by atoms with Crippen LogP contribution >= 0.6 is 15.9 Å². The molecule has 0 aliphatic carbocycles. The van der Waals surface area contributed by atoms with E-state index >= 15 is 0 Å². The second kappa shape index (κ2) is 2.97. The summed E-state index contributed by atoms with van der Waals surface area (Å²) in [6.07, 6.45) is 1.81. The Labute approximate surface area is 74.3 Å². The fraction of sp³-hybridized carbons (Fsp3) is 0.500. The van der Waals surface area contributed by atoms with Crippen LogP contribution in [0.1, 0.15) is 25.3 Å². The molecule has 0 aliphatic rings. The third-order valence-electron chi connectivity index (χ3n) is 1.70. The Morgan fingerprint density at radius 3 is 2.27 bits per heavy atom. The van der Waals surface area contributed by atoms with E-state index in [1.54, 1.807) is 7.05 Å². The van der Waals surface area contributed by atoms with E-state index in [1.165, 1.54) is 4.57 Å². The fourth-order valence-electron chi connectivity index (χ4n) is 0.998. The summed E-state index contributed by atoms with van der Waals surface area (Å²) in [7, 11) is 1.70. The third kappa shape index (κ3) is 1.48. The number of rotatable bonds is 1. The molecule has 0 bridgehead atoms. The summed E-state index contributed by atoms with van der Waals surface area (Å²) in [6, 6.07) is 0. The van der Waals surface area contributed by atoms with Crippen LogP contribution in [0.15, 0.2) is 10.7 Å². The van der Waals surface area contributed by atoms with E-state index < -0.39 is 0 Å². The number of halogens is 2. The molecular formula is C8H11BrFN. The van der Waals surface area contributed by atoms with Crippen molar-refractivity contribution in [2.24, 2.45) is 7.05 Å². The maximum absolute atomic E-state index is 13.0. The lowest BCUT2D eigenvalue weighted by Gasteiger charge is -1.99. The van der Waals surface area contributed by atoms with Crippen molar-refractivity contribution in [1.29, 1.82) is 0 Å². The van der Waals surface area contributed by atoms with Gasteiger partial charge >= 0.3 is 0 Å². The van der Waals surface area contributed by atoms with E-state index in [-0.39, 0.29) is 5.95 Å². The molecule has 3 heteroatoms. The lowest BCUT2D eigenvalue weighted by molar-refractivity contribution is 0.530. The minimum Gasteiger partial charge on any atom is -0.327 e. The molecule has 62 valence electrons. The zero-order chi connectivity index (χ0) is 8.59. The Kier molecular flexibility index (Phi) is 2.37. The summed E-state index contributed by atoms with van der Waals surface area (Å²) in [6.45, 7) is 4.08. The van der Waals surface area contributed by atoms with Crippen molar-refractivity contribution in [2.45, 2.75) is 19.8 Å². The number of hydrogen-bond acceptors (Lipinski definition) is 0. The van der Waals surface area contributed by atoms with Crippen LogP contribution in [0, 0.1) is 5.95 Å². The first kappa shape index (κ1) is 8.78. The van der Waals surface area contributed by atoms with Gasteiger partial charge in [-0.2, -0.15) is 4.39 Å². The Balaban J connectivity index is 3.19. The molecule has 0 saturated carbocycles. The van der Waals surface area contributed by atoms with Gasteiger partial charge in [-0.05, 0) is 27.4 Å².